The summed E-state index contributed by atoms with van der Waals surface area (Å²) in [5, 5.41) is 7.01. The van der Waals surface area contributed by atoms with E-state index in [0.717, 1.165) is 22.8 Å². The van der Waals surface area contributed by atoms with Crippen molar-refractivity contribution < 1.29 is 14.3 Å². The van der Waals surface area contributed by atoms with Crippen molar-refractivity contribution in [2.45, 2.75) is 31.6 Å². The van der Waals surface area contributed by atoms with Gasteiger partial charge in [-0.15, -0.1) is 22.7 Å². The van der Waals surface area contributed by atoms with Gasteiger partial charge in [-0.2, -0.15) is 0 Å². The van der Waals surface area contributed by atoms with Gasteiger partial charge < -0.3 is 14.8 Å². The number of amides is 1. The molecule has 0 unspecified atom stereocenters. The van der Waals surface area contributed by atoms with Gasteiger partial charge >= 0.3 is 0 Å². The normalized spacial score (nSPS) is 20.8. The van der Waals surface area contributed by atoms with Crippen LogP contribution in [-0.4, -0.2) is 45.6 Å². The van der Waals surface area contributed by atoms with Crippen LogP contribution in [0.4, 0.5) is 0 Å². The largest absolute Gasteiger partial charge is 0.379 e. The minimum Gasteiger partial charge on any atom is -0.379 e. The minimum absolute atomic E-state index is 0.0417. The molecule has 9 heteroatoms. The molecule has 7 nitrogen and oxygen atoms in total. The number of imidazole rings is 1. The molecule has 1 N–H and O–H groups in total. The summed E-state index contributed by atoms with van der Waals surface area (Å²) in [6.45, 7) is 1.54. The molecule has 1 aliphatic rings. The number of aromatic nitrogens is 3. The third-order valence-corrected chi connectivity index (χ3v) is 5.47. The lowest BCUT2D eigenvalue weighted by molar-refractivity contribution is -0.126. The lowest BCUT2D eigenvalue weighted by Gasteiger charge is -2.31. The summed E-state index contributed by atoms with van der Waals surface area (Å²) < 4.78 is 13.3. The number of rotatable bonds is 6. The van der Waals surface area contributed by atoms with Gasteiger partial charge in [0.2, 0.25) is 5.91 Å². The van der Waals surface area contributed by atoms with Gasteiger partial charge in [0.1, 0.15) is 6.10 Å². The fourth-order valence-electron chi connectivity index (χ4n) is 2.83. The zero-order valence-electron chi connectivity index (χ0n) is 13.5. The first-order chi connectivity index (χ1) is 12.3. The third kappa shape index (κ3) is 4.06. The molecule has 0 spiro atoms. The highest BCUT2D eigenvalue weighted by Crippen LogP contribution is 2.15. The van der Waals surface area contributed by atoms with Gasteiger partial charge in [0, 0.05) is 29.8 Å². The van der Waals surface area contributed by atoms with Crippen LogP contribution in [0.1, 0.15) is 17.8 Å². The zero-order valence-corrected chi connectivity index (χ0v) is 15.1. The van der Waals surface area contributed by atoms with Crippen molar-refractivity contribution in [2.75, 3.05) is 13.2 Å². The Morgan fingerprint density at radius 3 is 3.28 bits per heavy atom. The van der Waals surface area contributed by atoms with E-state index >= 15 is 0 Å². The Morgan fingerprint density at radius 2 is 2.44 bits per heavy atom. The second kappa shape index (κ2) is 7.61. The summed E-state index contributed by atoms with van der Waals surface area (Å²) in [4.78, 5) is 22.0. The highest BCUT2D eigenvalue weighted by Gasteiger charge is 2.28. The fourth-order valence-corrected chi connectivity index (χ4v) is 4.09. The highest BCUT2D eigenvalue weighted by atomic mass is 32.1. The van der Waals surface area contributed by atoms with Crippen molar-refractivity contribution in [3.63, 3.8) is 0 Å². The molecule has 3 aromatic heterocycles. The summed E-state index contributed by atoms with van der Waals surface area (Å²) in [6.07, 6.45) is 4.68. The molecule has 4 heterocycles. The molecule has 1 saturated heterocycles. The molecule has 25 heavy (non-hydrogen) atoms. The van der Waals surface area contributed by atoms with Gasteiger partial charge in [0.25, 0.3) is 0 Å². The Balaban J connectivity index is 1.33. The van der Waals surface area contributed by atoms with Crippen LogP contribution in [0.15, 0.2) is 28.7 Å². The predicted octanol–water partition coefficient (Wildman–Crippen LogP) is 1.89. The summed E-state index contributed by atoms with van der Waals surface area (Å²) in [5.41, 5.74) is 3.46. The molecule has 1 aliphatic heterocycles. The molecule has 1 fully saturated rings. The molecule has 4 rings (SSSR count). The lowest BCUT2D eigenvalue weighted by Crippen LogP contribution is -2.50. The Kier molecular flexibility index (Phi) is 5.07. The van der Waals surface area contributed by atoms with Crippen molar-refractivity contribution in [2.24, 2.45) is 0 Å². The maximum absolute atomic E-state index is 12.4. The minimum atomic E-state index is -0.162. The van der Waals surface area contributed by atoms with Crippen LogP contribution in [0, 0.1) is 0 Å². The number of carbonyl (C=O) groups is 1. The predicted molar refractivity (Wildman–Crippen MR) is 94.8 cm³/mol. The number of nitrogens with zero attached hydrogens (tertiary/aromatic N) is 3. The lowest BCUT2D eigenvalue weighted by atomic mass is 10.1. The van der Waals surface area contributed by atoms with E-state index in [0.29, 0.717) is 19.8 Å². The summed E-state index contributed by atoms with van der Waals surface area (Å²) in [5.74, 6) is -0.0417. The molecule has 1 amide bonds. The van der Waals surface area contributed by atoms with E-state index in [1.165, 1.54) is 0 Å². The van der Waals surface area contributed by atoms with Crippen molar-refractivity contribution >= 4 is 33.5 Å². The van der Waals surface area contributed by atoms with Crippen LogP contribution >= 0.6 is 22.7 Å². The van der Waals surface area contributed by atoms with Crippen molar-refractivity contribution in [1.29, 1.82) is 0 Å². The van der Waals surface area contributed by atoms with Gasteiger partial charge in [-0.05, 0) is 6.42 Å². The number of carbonyl (C=O) groups excluding carboxylic acids is 1. The quantitative estimate of drug-likeness (QED) is 0.709. The van der Waals surface area contributed by atoms with Gasteiger partial charge in [0.05, 0.1) is 42.6 Å². The molecule has 132 valence electrons. The Bertz CT molecular complexity index is 801. The number of fused-ring (bicyclic) bond motifs is 1. The first-order valence-corrected chi connectivity index (χ1v) is 9.87. The van der Waals surface area contributed by atoms with E-state index in [1.807, 2.05) is 27.6 Å². The second-order valence-corrected chi connectivity index (χ2v) is 7.46. The zero-order chi connectivity index (χ0) is 17.1. The van der Waals surface area contributed by atoms with Crippen LogP contribution < -0.4 is 5.32 Å². The van der Waals surface area contributed by atoms with Crippen LogP contribution in [0.25, 0.3) is 4.96 Å². The molecule has 2 atom stereocenters. The topological polar surface area (TPSA) is 77.8 Å². The molecular weight excluding hydrogens is 360 g/mol. The molecule has 0 saturated carbocycles. The van der Waals surface area contributed by atoms with Crippen LogP contribution in [0.2, 0.25) is 0 Å². The van der Waals surface area contributed by atoms with Crippen LogP contribution in [0.3, 0.4) is 0 Å². The van der Waals surface area contributed by atoms with Gasteiger partial charge in [0.15, 0.2) is 4.96 Å². The highest BCUT2D eigenvalue weighted by molar-refractivity contribution is 7.15. The van der Waals surface area contributed by atoms with E-state index in [2.05, 4.69) is 15.3 Å². The molecule has 3 aromatic rings. The van der Waals surface area contributed by atoms with Crippen molar-refractivity contribution in [3.8, 4) is 0 Å². The molecule has 0 aliphatic carbocycles. The fraction of sp³-hybridized carbons (Fsp3) is 0.438. The summed E-state index contributed by atoms with van der Waals surface area (Å²) in [7, 11) is 0. The molecule has 0 bridgehead atoms. The number of hydrogen-bond acceptors (Lipinski definition) is 7. The number of nitrogens with one attached hydrogen (secondary N) is 1. The number of hydrogen-bond donors (Lipinski definition) is 1. The molecule has 0 radical (unpaired) electrons. The maximum atomic E-state index is 12.4. The van der Waals surface area contributed by atoms with Crippen LogP contribution in [-0.2, 0) is 27.3 Å². The van der Waals surface area contributed by atoms with E-state index in [9.17, 15) is 4.79 Å². The Hall–Kier alpha value is -1.81. The van der Waals surface area contributed by atoms with Gasteiger partial charge in [-0.3, -0.25) is 9.20 Å². The second-order valence-electron chi connectivity index (χ2n) is 5.87. The van der Waals surface area contributed by atoms with Gasteiger partial charge in [-0.1, -0.05) is 0 Å². The monoisotopic (exact) mass is 378 g/mol. The standard InChI is InChI=1S/C16H18N4O3S2/c21-15(5-11-6-20-2-4-25-16(20)18-11)19-13-1-3-22-8-14(13)23-7-12-9-24-10-17-12/h2,4,6,9-10,13-14H,1,3,5,7-8H2,(H,19,21)/t13-,14-/m1/s1. The van der Waals surface area contributed by atoms with Gasteiger partial charge in [-0.25, -0.2) is 9.97 Å². The van der Waals surface area contributed by atoms with Crippen molar-refractivity contribution in [3.05, 3.63) is 40.1 Å². The Morgan fingerprint density at radius 1 is 1.48 bits per heavy atom. The van der Waals surface area contributed by atoms with Crippen LogP contribution in [0.5, 0.6) is 0 Å². The first-order valence-electron chi connectivity index (χ1n) is 8.05. The average Bonchev–Trinajstić information content (AvgIpc) is 3.31. The van der Waals surface area contributed by atoms with E-state index < -0.39 is 0 Å². The van der Waals surface area contributed by atoms with E-state index in [1.54, 1.807) is 28.2 Å². The SMILES string of the molecule is O=C(Cc1cn2ccsc2n1)N[C@@H]1CCOC[C@H]1OCc1cscn1. The van der Waals surface area contributed by atoms with Crippen molar-refractivity contribution in [1.82, 2.24) is 19.7 Å². The van der Waals surface area contributed by atoms with E-state index in [-0.39, 0.29) is 24.5 Å². The average molecular weight is 378 g/mol. The summed E-state index contributed by atoms with van der Waals surface area (Å²) >= 11 is 3.10. The summed E-state index contributed by atoms with van der Waals surface area (Å²) in [6, 6.07) is -0.0522. The van der Waals surface area contributed by atoms with E-state index in [4.69, 9.17) is 9.47 Å². The third-order valence-electron chi connectivity index (χ3n) is 4.06. The smallest absolute Gasteiger partial charge is 0.226 e. The molecular formula is C16H18N4O3S2. The Labute approximate surface area is 152 Å². The number of thiazole rings is 2. The first kappa shape index (κ1) is 16.6. The maximum Gasteiger partial charge on any atom is 0.226 e. The molecule has 0 aromatic carbocycles. The number of ether oxygens (including phenoxy) is 2.